The lowest BCUT2D eigenvalue weighted by molar-refractivity contribution is -0.148. The second-order valence-electron chi connectivity index (χ2n) is 9.35. The van der Waals surface area contributed by atoms with E-state index in [1.807, 2.05) is 24.3 Å². The van der Waals surface area contributed by atoms with Gasteiger partial charge < -0.3 is 41.6 Å². The number of para-hydroxylation sites is 1. The molecule has 14 heteroatoms. The van der Waals surface area contributed by atoms with Crippen LogP contribution < -0.4 is 16.4 Å². The van der Waals surface area contributed by atoms with Gasteiger partial charge in [-0.2, -0.15) is 0 Å². The van der Waals surface area contributed by atoms with Crippen molar-refractivity contribution in [1.82, 2.24) is 20.5 Å². The molecule has 0 aliphatic carbocycles. The average molecular weight is 546 g/mol. The molecule has 0 spiro atoms. The van der Waals surface area contributed by atoms with Crippen LogP contribution in [0.3, 0.4) is 0 Å². The molecular formula is C25H31N5O9. The maximum atomic E-state index is 13.4. The van der Waals surface area contributed by atoms with E-state index in [9.17, 15) is 33.9 Å². The number of nitrogens with zero attached hydrogens (tertiary/aromatic N) is 1. The number of carbonyl (C=O) groups is 6. The van der Waals surface area contributed by atoms with E-state index in [1.165, 1.54) is 0 Å². The first kappa shape index (κ1) is 29.1. The topological polar surface area (TPSA) is 232 Å². The predicted molar refractivity (Wildman–Crippen MR) is 135 cm³/mol. The van der Waals surface area contributed by atoms with Crippen LogP contribution in [0.4, 0.5) is 0 Å². The molecule has 0 radical (unpaired) electrons. The third kappa shape index (κ3) is 7.54. The van der Waals surface area contributed by atoms with Crippen LogP contribution in [-0.4, -0.2) is 91.5 Å². The number of nitrogens with one attached hydrogen (secondary N) is 3. The van der Waals surface area contributed by atoms with Gasteiger partial charge in [-0.1, -0.05) is 18.2 Å². The molecule has 8 N–H and O–H groups in total. The Morgan fingerprint density at radius 1 is 1.03 bits per heavy atom. The monoisotopic (exact) mass is 545 g/mol. The smallest absolute Gasteiger partial charge is 0.326 e. The van der Waals surface area contributed by atoms with E-state index in [1.54, 1.807) is 6.20 Å². The van der Waals surface area contributed by atoms with Crippen LogP contribution >= 0.6 is 0 Å². The van der Waals surface area contributed by atoms with E-state index in [0.29, 0.717) is 6.42 Å². The van der Waals surface area contributed by atoms with Gasteiger partial charge in [0.25, 0.3) is 0 Å². The minimum atomic E-state index is -1.70. The summed E-state index contributed by atoms with van der Waals surface area (Å²) in [7, 11) is 0. The highest BCUT2D eigenvalue weighted by molar-refractivity contribution is 5.95. The van der Waals surface area contributed by atoms with Gasteiger partial charge in [0.15, 0.2) is 0 Å². The summed E-state index contributed by atoms with van der Waals surface area (Å²) >= 11 is 0. The molecule has 4 atom stereocenters. The van der Waals surface area contributed by atoms with Crippen molar-refractivity contribution >= 4 is 46.5 Å². The minimum absolute atomic E-state index is 0.106. The molecule has 4 unspecified atom stereocenters. The van der Waals surface area contributed by atoms with Crippen molar-refractivity contribution in [3.8, 4) is 0 Å². The van der Waals surface area contributed by atoms with Gasteiger partial charge in [0.05, 0.1) is 12.5 Å². The Bertz CT molecular complexity index is 1260. The standard InChI is InChI=1S/C25H31N5O9/c26-15(10-13-12-27-16-5-2-1-4-14(13)16)22(35)28-17(7-8-20(31)32)24(37)30-9-3-6-19(30)23(36)29-18(25(38)39)11-21(33)34/h1-2,4-5,12,15,17-19,27H,3,6-11,26H2,(H,28,35)(H,29,36)(H,31,32)(H,33,34)(H,38,39). The largest absolute Gasteiger partial charge is 0.481 e. The number of carbonyl (C=O) groups excluding carboxylic acids is 3. The molecule has 2 aromatic rings. The van der Waals surface area contributed by atoms with Gasteiger partial charge in [0, 0.05) is 30.1 Å². The fourth-order valence-corrected chi connectivity index (χ4v) is 4.58. The van der Waals surface area contributed by atoms with Gasteiger partial charge in [0.1, 0.15) is 18.1 Å². The first-order valence-corrected chi connectivity index (χ1v) is 12.4. The van der Waals surface area contributed by atoms with Crippen molar-refractivity contribution in [2.45, 2.75) is 62.7 Å². The zero-order chi connectivity index (χ0) is 28.7. The SMILES string of the molecule is NC(Cc1c[nH]c2ccccc12)C(=O)NC(CCC(=O)O)C(=O)N1CCCC1C(=O)NC(CC(=O)O)C(=O)O. The zero-order valence-corrected chi connectivity index (χ0v) is 21.0. The maximum absolute atomic E-state index is 13.4. The Morgan fingerprint density at radius 3 is 2.41 bits per heavy atom. The zero-order valence-electron chi connectivity index (χ0n) is 21.0. The van der Waals surface area contributed by atoms with E-state index < -0.39 is 72.6 Å². The molecular weight excluding hydrogens is 514 g/mol. The number of benzene rings is 1. The summed E-state index contributed by atoms with van der Waals surface area (Å²) in [4.78, 5) is 76.9. The normalized spacial score (nSPS) is 17.3. The molecule has 0 bridgehead atoms. The predicted octanol–water partition coefficient (Wildman–Crippen LogP) is -0.578. The second-order valence-corrected chi connectivity index (χ2v) is 9.35. The van der Waals surface area contributed by atoms with Gasteiger partial charge in [-0.3, -0.25) is 24.0 Å². The van der Waals surface area contributed by atoms with Gasteiger partial charge in [-0.25, -0.2) is 4.79 Å². The summed E-state index contributed by atoms with van der Waals surface area (Å²) in [6.45, 7) is 0.106. The van der Waals surface area contributed by atoms with E-state index in [2.05, 4.69) is 15.6 Å². The number of hydrogen-bond acceptors (Lipinski definition) is 7. The van der Waals surface area contributed by atoms with E-state index >= 15 is 0 Å². The fraction of sp³-hybridized carbons (Fsp3) is 0.440. The number of amides is 3. The van der Waals surface area contributed by atoms with Crippen molar-refractivity contribution in [1.29, 1.82) is 0 Å². The highest BCUT2D eigenvalue weighted by Gasteiger charge is 2.39. The Balaban J connectivity index is 1.71. The molecule has 0 saturated carbocycles. The Hall–Kier alpha value is -4.46. The van der Waals surface area contributed by atoms with Crippen molar-refractivity contribution in [2.24, 2.45) is 5.73 Å². The van der Waals surface area contributed by atoms with Gasteiger partial charge in [-0.05, 0) is 37.3 Å². The number of carboxylic acids is 3. The highest BCUT2D eigenvalue weighted by Crippen LogP contribution is 2.21. The number of hydrogen-bond donors (Lipinski definition) is 7. The first-order chi connectivity index (χ1) is 18.5. The van der Waals surface area contributed by atoms with Crippen LogP contribution in [0.15, 0.2) is 30.5 Å². The third-order valence-corrected chi connectivity index (χ3v) is 6.54. The molecule has 1 aromatic carbocycles. The van der Waals surface area contributed by atoms with Gasteiger partial charge >= 0.3 is 17.9 Å². The molecule has 1 fully saturated rings. The lowest BCUT2D eigenvalue weighted by atomic mass is 10.0. The number of likely N-dealkylation sites (tertiary alicyclic amines) is 1. The second kappa shape index (κ2) is 12.9. The summed E-state index contributed by atoms with van der Waals surface area (Å²) < 4.78 is 0. The van der Waals surface area contributed by atoms with Crippen molar-refractivity contribution in [3.63, 3.8) is 0 Å². The number of rotatable bonds is 13. The van der Waals surface area contributed by atoms with Crippen LogP contribution in [0, 0.1) is 0 Å². The van der Waals surface area contributed by atoms with Crippen LogP contribution in [0.5, 0.6) is 0 Å². The summed E-state index contributed by atoms with van der Waals surface area (Å²) in [6, 6.07) is 2.26. The molecule has 1 aliphatic heterocycles. The Labute approximate surface area is 222 Å². The minimum Gasteiger partial charge on any atom is -0.481 e. The van der Waals surface area contributed by atoms with Crippen LogP contribution in [-0.2, 0) is 35.2 Å². The lowest BCUT2D eigenvalue weighted by Gasteiger charge is -2.29. The number of aromatic nitrogens is 1. The maximum Gasteiger partial charge on any atom is 0.326 e. The molecule has 39 heavy (non-hydrogen) atoms. The molecule has 2 heterocycles. The molecule has 14 nitrogen and oxygen atoms in total. The number of nitrogens with two attached hydrogens (primary N) is 1. The molecule has 3 amide bonds. The van der Waals surface area contributed by atoms with Crippen LogP contribution in [0.25, 0.3) is 10.9 Å². The molecule has 1 aliphatic rings. The first-order valence-electron chi connectivity index (χ1n) is 12.4. The van der Waals surface area contributed by atoms with Gasteiger partial charge in [-0.15, -0.1) is 0 Å². The average Bonchev–Trinajstić information content (AvgIpc) is 3.53. The molecule has 210 valence electrons. The number of aliphatic carboxylic acids is 3. The summed E-state index contributed by atoms with van der Waals surface area (Å²) in [5.74, 6) is -6.42. The number of carboxylic acid groups (broad SMARTS) is 3. The van der Waals surface area contributed by atoms with E-state index in [-0.39, 0.29) is 25.8 Å². The van der Waals surface area contributed by atoms with Crippen LogP contribution in [0.2, 0.25) is 0 Å². The fourth-order valence-electron chi connectivity index (χ4n) is 4.58. The molecule has 1 aromatic heterocycles. The van der Waals surface area contributed by atoms with Crippen molar-refractivity contribution < 1.29 is 44.1 Å². The van der Waals surface area contributed by atoms with Crippen LogP contribution in [0.1, 0.15) is 37.7 Å². The summed E-state index contributed by atoms with van der Waals surface area (Å²) in [5, 5.41) is 32.8. The third-order valence-electron chi connectivity index (χ3n) is 6.54. The molecule has 3 rings (SSSR count). The van der Waals surface area contributed by atoms with E-state index in [4.69, 9.17) is 15.9 Å². The number of aromatic amines is 1. The highest BCUT2D eigenvalue weighted by atomic mass is 16.4. The Morgan fingerprint density at radius 2 is 1.74 bits per heavy atom. The summed E-state index contributed by atoms with van der Waals surface area (Å²) in [5.41, 5.74) is 7.77. The lowest BCUT2D eigenvalue weighted by Crippen LogP contribution is -2.57. The van der Waals surface area contributed by atoms with Gasteiger partial charge in [0.2, 0.25) is 17.7 Å². The van der Waals surface area contributed by atoms with Crippen molar-refractivity contribution in [3.05, 3.63) is 36.0 Å². The number of fused-ring (bicyclic) bond motifs is 1. The molecule has 1 saturated heterocycles. The summed E-state index contributed by atoms with van der Waals surface area (Å²) in [6.07, 6.45) is 0.877. The van der Waals surface area contributed by atoms with E-state index in [0.717, 1.165) is 21.4 Å². The Kier molecular flexibility index (Phi) is 9.60. The van der Waals surface area contributed by atoms with Crippen molar-refractivity contribution in [2.75, 3.05) is 6.54 Å². The number of H-pyrrole nitrogens is 1. The quantitative estimate of drug-likeness (QED) is 0.169.